The largest absolute Gasteiger partial charge is 0.393 e. The van der Waals surface area contributed by atoms with E-state index in [-0.39, 0.29) is 19.5 Å². The molecule has 1 aromatic rings. The fourth-order valence-corrected chi connectivity index (χ4v) is 2.06. The maximum atomic E-state index is 12.6. The lowest BCUT2D eigenvalue weighted by atomic mass is 9.97. The summed E-state index contributed by atoms with van der Waals surface area (Å²) < 4.78 is 37.7. The number of rotatable bonds is 2. The summed E-state index contributed by atoms with van der Waals surface area (Å²) in [5, 5.41) is 5.87. The Morgan fingerprint density at radius 2 is 2.24 bits per heavy atom. The van der Waals surface area contributed by atoms with E-state index in [2.05, 4.69) is 15.2 Å². The zero-order valence-corrected chi connectivity index (χ0v) is 9.05. The fourth-order valence-electron chi connectivity index (χ4n) is 2.06. The second-order valence-electron chi connectivity index (χ2n) is 4.24. The van der Waals surface area contributed by atoms with Crippen molar-refractivity contribution in [3.8, 4) is 0 Å². The fraction of sp³-hybridized carbons (Fsp3) is 0.778. The van der Waals surface area contributed by atoms with Crippen LogP contribution < -0.4 is 5.69 Å². The number of hydrogen-bond donors (Lipinski definition) is 2. The van der Waals surface area contributed by atoms with Crippen molar-refractivity contribution < 1.29 is 13.2 Å². The van der Waals surface area contributed by atoms with Gasteiger partial charge in [0.25, 0.3) is 0 Å². The minimum atomic E-state index is -4.14. The first-order valence-electron chi connectivity index (χ1n) is 5.38. The van der Waals surface area contributed by atoms with Gasteiger partial charge in [-0.2, -0.15) is 18.3 Å². The van der Waals surface area contributed by atoms with Crippen molar-refractivity contribution in [1.82, 2.24) is 20.1 Å². The van der Waals surface area contributed by atoms with E-state index in [1.54, 1.807) is 4.90 Å². The summed E-state index contributed by atoms with van der Waals surface area (Å²) in [6, 6.07) is 0. The summed E-state index contributed by atoms with van der Waals surface area (Å²) in [5.74, 6) is -0.903. The molecule has 0 amide bonds. The molecule has 5 nitrogen and oxygen atoms in total. The molecule has 0 saturated carbocycles. The van der Waals surface area contributed by atoms with Crippen LogP contribution in [0, 0.1) is 5.92 Å². The van der Waals surface area contributed by atoms with Crippen LogP contribution in [0.3, 0.4) is 0 Å². The Hall–Kier alpha value is -1.31. The third-order valence-electron chi connectivity index (χ3n) is 2.89. The van der Waals surface area contributed by atoms with Crippen LogP contribution in [0.25, 0.3) is 0 Å². The van der Waals surface area contributed by atoms with Crippen molar-refractivity contribution in [3.63, 3.8) is 0 Å². The molecule has 1 aliphatic heterocycles. The monoisotopic (exact) mass is 250 g/mol. The Labute approximate surface area is 95.0 Å². The minimum absolute atomic E-state index is 0.0294. The first-order chi connectivity index (χ1) is 7.95. The number of piperidine rings is 1. The summed E-state index contributed by atoms with van der Waals surface area (Å²) >= 11 is 0. The van der Waals surface area contributed by atoms with Gasteiger partial charge in [-0.1, -0.05) is 0 Å². The Morgan fingerprint density at radius 3 is 2.82 bits per heavy atom. The summed E-state index contributed by atoms with van der Waals surface area (Å²) in [4.78, 5) is 14.9. The van der Waals surface area contributed by atoms with Crippen molar-refractivity contribution in [2.24, 2.45) is 5.92 Å². The van der Waals surface area contributed by atoms with E-state index >= 15 is 0 Å². The topological polar surface area (TPSA) is 64.8 Å². The van der Waals surface area contributed by atoms with Crippen molar-refractivity contribution in [2.45, 2.75) is 25.6 Å². The molecule has 0 radical (unpaired) electrons. The van der Waals surface area contributed by atoms with Gasteiger partial charge in [0.05, 0.1) is 12.5 Å². The van der Waals surface area contributed by atoms with Crippen molar-refractivity contribution >= 4 is 0 Å². The molecule has 2 rings (SSSR count). The van der Waals surface area contributed by atoms with Crippen LogP contribution in [0.2, 0.25) is 0 Å². The molecule has 17 heavy (non-hydrogen) atoms. The molecule has 0 aliphatic carbocycles. The number of H-pyrrole nitrogens is 2. The molecule has 1 aromatic heterocycles. The molecule has 0 spiro atoms. The second-order valence-corrected chi connectivity index (χ2v) is 4.24. The van der Waals surface area contributed by atoms with Gasteiger partial charge in [-0.25, -0.2) is 9.89 Å². The lowest BCUT2D eigenvalue weighted by Crippen LogP contribution is -2.41. The standard InChI is InChI=1S/C9H13F3N4O/c10-9(11,12)6-2-1-3-16(4-6)5-7-13-8(17)15-14-7/h6H,1-5H2,(H2,13,14,15,17). The van der Waals surface area contributed by atoms with Gasteiger partial charge >= 0.3 is 11.9 Å². The number of aromatic nitrogens is 3. The third-order valence-corrected chi connectivity index (χ3v) is 2.89. The van der Waals surface area contributed by atoms with E-state index in [4.69, 9.17) is 0 Å². The van der Waals surface area contributed by atoms with Gasteiger partial charge < -0.3 is 0 Å². The van der Waals surface area contributed by atoms with Crippen LogP contribution in [0.5, 0.6) is 0 Å². The first-order valence-corrected chi connectivity index (χ1v) is 5.38. The van der Waals surface area contributed by atoms with Gasteiger partial charge in [0.15, 0.2) is 0 Å². The molecule has 0 bridgehead atoms. The van der Waals surface area contributed by atoms with E-state index in [1.165, 1.54) is 0 Å². The molecule has 1 atom stereocenters. The van der Waals surface area contributed by atoms with Crippen molar-refractivity contribution in [3.05, 3.63) is 16.3 Å². The lowest BCUT2D eigenvalue weighted by Gasteiger charge is -2.32. The SMILES string of the molecule is O=c1[nH]nc(CN2CCCC(C(F)(F)F)C2)[nH]1. The number of nitrogens with zero attached hydrogens (tertiary/aromatic N) is 2. The van der Waals surface area contributed by atoms with Gasteiger partial charge in [0, 0.05) is 6.54 Å². The number of hydrogen-bond acceptors (Lipinski definition) is 3. The predicted octanol–water partition coefficient (Wildman–Crippen LogP) is 0.872. The van der Waals surface area contributed by atoms with Crippen LogP contribution in [0.4, 0.5) is 13.2 Å². The molecular formula is C9H13F3N4O. The summed E-state index contributed by atoms with van der Waals surface area (Å²) in [5.41, 5.74) is -0.440. The predicted molar refractivity (Wildman–Crippen MR) is 53.3 cm³/mol. The Morgan fingerprint density at radius 1 is 1.47 bits per heavy atom. The molecular weight excluding hydrogens is 237 g/mol. The lowest BCUT2D eigenvalue weighted by molar-refractivity contribution is -0.187. The highest BCUT2D eigenvalue weighted by molar-refractivity contribution is 4.84. The number of aromatic amines is 2. The minimum Gasteiger partial charge on any atom is -0.295 e. The van der Waals surface area contributed by atoms with E-state index in [9.17, 15) is 18.0 Å². The van der Waals surface area contributed by atoms with E-state index in [0.717, 1.165) is 0 Å². The second kappa shape index (κ2) is 4.52. The molecule has 96 valence electrons. The maximum Gasteiger partial charge on any atom is 0.393 e. The van der Waals surface area contributed by atoms with Crippen LogP contribution in [0.1, 0.15) is 18.7 Å². The Kier molecular flexibility index (Phi) is 3.23. The molecule has 2 N–H and O–H groups in total. The van der Waals surface area contributed by atoms with Gasteiger partial charge in [-0.3, -0.25) is 9.88 Å². The quantitative estimate of drug-likeness (QED) is 0.818. The highest BCUT2D eigenvalue weighted by Gasteiger charge is 2.41. The molecule has 8 heteroatoms. The Balaban J connectivity index is 1.96. The van der Waals surface area contributed by atoms with Gasteiger partial charge in [-0.15, -0.1) is 0 Å². The smallest absolute Gasteiger partial charge is 0.295 e. The average Bonchev–Trinajstić information content (AvgIpc) is 2.63. The highest BCUT2D eigenvalue weighted by atomic mass is 19.4. The van der Waals surface area contributed by atoms with Crippen LogP contribution in [-0.4, -0.2) is 39.3 Å². The van der Waals surface area contributed by atoms with Crippen LogP contribution in [0.15, 0.2) is 4.79 Å². The maximum absolute atomic E-state index is 12.6. The van der Waals surface area contributed by atoms with E-state index < -0.39 is 17.8 Å². The number of likely N-dealkylation sites (tertiary alicyclic amines) is 1. The molecule has 1 fully saturated rings. The molecule has 1 aliphatic rings. The first kappa shape index (κ1) is 12.2. The molecule has 1 unspecified atom stereocenters. The number of halogens is 3. The summed E-state index contributed by atoms with van der Waals surface area (Å²) in [6.45, 7) is 0.811. The molecule has 1 saturated heterocycles. The molecule has 2 heterocycles. The Bertz CT molecular complexity index is 424. The van der Waals surface area contributed by atoms with Crippen LogP contribution >= 0.6 is 0 Å². The number of nitrogens with one attached hydrogen (secondary N) is 2. The summed E-state index contributed by atoms with van der Waals surface area (Å²) in [6.07, 6.45) is -3.45. The zero-order valence-electron chi connectivity index (χ0n) is 9.05. The van der Waals surface area contributed by atoms with Crippen molar-refractivity contribution in [1.29, 1.82) is 0 Å². The molecule has 0 aromatic carbocycles. The third kappa shape index (κ3) is 3.09. The normalized spacial score (nSPS) is 22.9. The van der Waals surface area contributed by atoms with Gasteiger partial charge in [-0.05, 0) is 19.4 Å². The van der Waals surface area contributed by atoms with E-state index in [1.807, 2.05) is 0 Å². The van der Waals surface area contributed by atoms with Crippen molar-refractivity contribution in [2.75, 3.05) is 13.1 Å². The van der Waals surface area contributed by atoms with Crippen LogP contribution in [-0.2, 0) is 6.54 Å². The van der Waals surface area contributed by atoms with E-state index in [0.29, 0.717) is 18.8 Å². The van der Waals surface area contributed by atoms with Gasteiger partial charge in [0.1, 0.15) is 5.82 Å². The average molecular weight is 250 g/mol. The number of alkyl halides is 3. The zero-order chi connectivity index (χ0) is 12.5. The highest BCUT2D eigenvalue weighted by Crippen LogP contribution is 2.33. The van der Waals surface area contributed by atoms with Gasteiger partial charge in [0.2, 0.25) is 0 Å². The summed E-state index contributed by atoms with van der Waals surface area (Å²) in [7, 11) is 0.